The predicted molar refractivity (Wildman–Crippen MR) is 142 cm³/mol. The van der Waals surface area contributed by atoms with Crippen LogP contribution in [-0.2, 0) is 4.79 Å². The number of H-pyrrole nitrogens is 1. The SMILES string of the molecule is Cc1ccc(NC(=O)c2ccccc2)c(-c2nnc(S[C@H](C)C(=O)Nc3ccccc3C)[nH]c2=O)c1. The molecule has 4 rings (SSSR count). The molecule has 0 aliphatic carbocycles. The number of nitrogens with zero attached hydrogens (tertiary/aromatic N) is 2. The molecule has 0 aliphatic rings. The summed E-state index contributed by atoms with van der Waals surface area (Å²) >= 11 is 1.10. The van der Waals surface area contributed by atoms with Gasteiger partial charge >= 0.3 is 0 Å². The number of aryl methyl sites for hydroxylation is 2. The second-order valence-corrected chi connectivity index (χ2v) is 9.57. The van der Waals surface area contributed by atoms with Gasteiger partial charge in [-0.15, -0.1) is 10.2 Å². The van der Waals surface area contributed by atoms with Gasteiger partial charge in [0.1, 0.15) is 0 Å². The average molecular weight is 500 g/mol. The molecule has 1 atom stereocenters. The van der Waals surface area contributed by atoms with E-state index in [0.29, 0.717) is 16.8 Å². The highest BCUT2D eigenvalue weighted by Gasteiger charge is 2.19. The lowest BCUT2D eigenvalue weighted by molar-refractivity contribution is -0.115. The number of nitrogens with one attached hydrogen (secondary N) is 3. The third kappa shape index (κ3) is 5.87. The van der Waals surface area contributed by atoms with Crippen molar-refractivity contribution >= 4 is 35.0 Å². The fourth-order valence-electron chi connectivity index (χ4n) is 3.47. The van der Waals surface area contributed by atoms with Crippen LogP contribution in [0.15, 0.2) is 82.7 Å². The van der Waals surface area contributed by atoms with Gasteiger partial charge in [-0.1, -0.05) is 59.8 Å². The van der Waals surface area contributed by atoms with Crippen LogP contribution in [0.25, 0.3) is 11.3 Å². The first-order valence-electron chi connectivity index (χ1n) is 11.3. The molecule has 3 aromatic carbocycles. The van der Waals surface area contributed by atoms with E-state index in [2.05, 4.69) is 25.8 Å². The second-order valence-electron chi connectivity index (χ2n) is 8.24. The Hall–Kier alpha value is -4.24. The first kappa shape index (κ1) is 24.9. The number of amides is 2. The fourth-order valence-corrected chi connectivity index (χ4v) is 4.21. The summed E-state index contributed by atoms with van der Waals surface area (Å²) < 4.78 is 0. The summed E-state index contributed by atoms with van der Waals surface area (Å²) in [4.78, 5) is 41.0. The molecule has 0 aliphatic heterocycles. The molecule has 0 spiro atoms. The van der Waals surface area contributed by atoms with Crippen LogP contribution in [0.4, 0.5) is 11.4 Å². The summed E-state index contributed by atoms with van der Waals surface area (Å²) in [5.74, 6) is -0.517. The van der Waals surface area contributed by atoms with Crippen LogP contribution < -0.4 is 16.2 Å². The van der Waals surface area contributed by atoms with Gasteiger partial charge in [-0.25, -0.2) is 0 Å². The lowest BCUT2D eigenvalue weighted by Gasteiger charge is -2.13. The van der Waals surface area contributed by atoms with E-state index in [1.807, 2.05) is 50.2 Å². The van der Waals surface area contributed by atoms with Gasteiger partial charge in [0.25, 0.3) is 11.5 Å². The van der Waals surface area contributed by atoms with Gasteiger partial charge in [-0.05, 0) is 56.7 Å². The van der Waals surface area contributed by atoms with Gasteiger partial charge in [0, 0.05) is 16.8 Å². The first-order valence-corrected chi connectivity index (χ1v) is 12.2. The number of rotatable bonds is 7. The van der Waals surface area contributed by atoms with Crippen molar-refractivity contribution < 1.29 is 9.59 Å². The number of carbonyl (C=O) groups is 2. The highest BCUT2D eigenvalue weighted by molar-refractivity contribution is 8.00. The van der Waals surface area contributed by atoms with E-state index >= 15 is 0 Å². The monoisotopic (exact) mass is 499 g/mol. The van der Waals surface area contributed by atoms with Crippen molar-refractivity contribution in [3.63, 3.8) is 0 Å². The molecule has 9 heteroatoms. The van der Waals surface area contributed by atoms with Gasteiger partial charge in [0.05, 0.1) is 10.9 Å². The normalized spacial score (nSPS) is 11.5. The van der Waals surface area contributed by atoms with Crippen molar-refractivity contribution in [3.05, 3.63) is 99.8 Å². The van der Waals surface area contributed by atoms with E-state index in [4.69, 9.17) is 0 Å². The van der Waals surface area contributed by atoms with Gasteiger partial charge in [0.2, 0.25) is 5.91 Å². The molecule has 3 N–H and O–H groups in total. The number of hydrogen-bond donors (Lipinski definition) is 3. The van der Waals surface area contributed by atoms with E-state index in [9.17, 15) is 14.4 Å². The number of carbonyl (C=O) groups excluding carboxylic acids is 2. The van der Waals surface area contributed by atoms with Gasteiger partial charge in [-0.3, -0.25) is 19.4 Å². The molecular weight excluding hydrogens is 474 g/mol. The van der Waals surface area contributed by atoms with E-state index < -0.39 is 10.8 Å². The summed E-state index contributed by atoms with van der Waals surface area (Å²) in [5.41, 5.74) is 3.57. The van der Waals surface area contributed by atoms with Gasteiger partial charge < -0.3 is 10.6 Å². The minimum Gasteiger partial charge on any atom is -0.325 e. The molecule has 36 heavy (non-hydrogen) atoms. The molecule has 4 aromatic rings. The van der Waals surface area contributed by atoms with Crippen molar-refractivity contribution in [2.45, 2.75) is 31.2 Å². The maximum atomic E-state index is 13.0. The van der Waals surface area contributed by atoms with E-state index in [-0.39, 0.29) is 22.7 Å². The topological polar surface area (TPSA) is 117 Å². The highest BCUT2D eigenvalue weighted by atomic mass is 32.2. The quantitative estimate of drug-likeness (QED) is 0.314. The lowest BCUT2D eigenvalue weighted by Crippen LogP contribution is -2.24. The Morgan fingerprint density at radius 1 is 0.889 bits per heavy atom. The van der Waals surface area contributed by atoms with E-state index in [1.165, 1.54) is 0 Å². The number of thioether (sulfide) groups is 1. The van der Waals surface area contributed by atoms with Crippen molar-refractivity contribution in [1.29, 1.82) is 0 Å². The first-order chi connectivity index (χ1) is 17.3. The average Bonchev–Trinajstić information content (AvgIpc) is 2.87. The van der Waals surface area contributed by atoms with Gasteiger partial charge in [-0.2, -0.15) is 0 Å². The Labute approximate surface area is 212 Å². The molecule has 182 valence electrons. The maximum absolute atomic E-state index is 13.0. The highest BCUT2D eigenvalue weighted by Crippen LogP contribution is 2.27. The Balaban J connectivity index is 1.53. The molecule has 1 aromatic heterocycles. The molecule has 0 radical (unpaired) electrons. The minimum absolute atomic E-state index is 0.0726. The summed E-state index contributed by atoms with van der Waals surface area (Å²) in [6, 6.07) is 21.6. The van der Waals surface area contributed by atoms with Crippen molar-refractivity contribution in [3.8, 4) is 11.3 Å². The number of benzene rings is 3. The smallest absolute Gasteiger partial charge is 0.278 e. The molecule has 2 amide bonds. The zero-order valence-electron chi connectivity index (χ0n) is 20.0. The number of anilines is 2. The molecule has 0 saturated carbocycles. The van der Waals surface area contributed by atoms with Crippen molar-refractivity contribution in [1.82, 2.24) is 15.2 Å². The standard InChI is InChI=1S/C27H25N5O3S/c1-16-13-14-22(29-25(34)19-10-5-4-6-11-19)20(15-16)23-26(35)30-27(32-31-23)36-18(3)24(33)28-21-12-8-7-9-17(21)2/h4-15,18H,1-3H3,(H,28,33)(H,29,34)(H,30,32,35)/t18-/m1/s1. The summed E-state index contributed by atoms with van der Waals surface area (Å²) in [6.07, 6.45) is 0. The molecule has 0 saturated heterocycles. The molecular formula is C27H25N5O3S. The summed E-state index contributed by atoms with van der Waals surface area (Å²) in [6.45, 7) is 5.52. The van der Waals surface area contributed by atoms with Crippen molar-refractivity contribution in [2.24, 2.45) is 0 Å². The maximum Gasteiger partial charge on any atom is 0.278 e. The number of aromatic amines is 1. The zero-order valence-corrected chi connectivity index (χ0v) is 20.8. The number of para-hydroxylation sites is 1. The Morgan fingerprint density at radius 2 is 1.61 bits per heavy atom. The van der Waals surface area contributed by atoms with Crippen molar-refractivity contribution in [2.75, 3.05) is 10.6 Å². The molecule has 0 bridgehead atoms. The third-order valence-electron chi connectivity index (χ3n) is 5.45. The molecule has 8 nitrogen and oxygen atoms in total. The van der Waals surface area contributed by atoms with Crippen LogP contribution >= 0.6 is 11.8 Å². The van der Waals surface area contributed by atoms with Crippen LogP contribution in [0.2, 0.25) is 0 Å². The van der Waals surface area contributed by atoms with Crippen LogP contribution in [-0.4, -0.2) is 32.2 Å². The summed E-state index contributed by atoms with van der Waals surface area (Å²) in [7, 11) is 0. The van der Waals surface area contributed by atoms with E-state index in [1.54, 1.807) is 43.3 Å². The zero-order chi connectivity index (χ0) is 25.7. The number of aromatic nitrogens is 3. The number of hydrogen-bond acceptors (Lipinski definition) is 6. The van der Waals surface area contributed by atoms with Crippen LogP contribution in [0.1, 0.15) is 28.4 Å². The largest absolute Gasteiger partial charge is 0.325 e. The van der Waals surface area contributed by atoms with E-state index in [0.717, 1.165) is 28.6 Å². The second kappa shape index (κ2) is 11.0. The van der Waals surface area contributed by atoms with Gasteiger partial charge in [0.15, 0.2) is 10.9 Å². The lowest BCUT2D eigenvalue weighted by atomic mass is 10.1. The summed E-state index contributed by atoms with van der Waals surface area (Å²) in [5, 5.41) is 13.7. The van der Waals surface area contributed by atoms with Crippen LogP contribution in [0.5, 0.6) is 0 Å². The molecule has 0 fully saturated rings. The predicted octanol–water partition coefficient (Wildman–Crippen LogP) is 4.82. The Bertz CT molecular complexity index is 1470. The third-order valence-corrected chi connectivity index (χ3v) is 6.43. The van der Waals surface area contributed by atoms with Crippen LogP contribution in [0.3, 0.4) is 0 Å². The Kier molecular flexibility index (Phi) is 7.60. The fraction of sp³-hybridized carbons (Fsp3) is 0.148. The van der Waals surface area contributed by atoms with Crippen LogP contribution in [0, 0.1) is 13.8 Å². The minimum atomic E-state index is -0.528. The molecule has 0 unspecified atom stereocenters. The Morgan fingerprint density at radius 3 is 2.33 bits per heavy atom. The molecule has 1 heterocycles.